The van der Waals surface area contributed by atoms with Crippen LogP contribution in [-0.4, -0.2) is 30.9 Å². The van der Waals surface area contributed by atoms with Gasteiger partial charge in [0.25, 0.3) is 0 Å². The highest BCUT2D eigenvalue weighted by Gasteiger charge is 2.17. The maximum Gasteiger partial charge on any atom is 0.170 e. The molecule has 104 valence electrons. The molecule has 1 aliphatic rings. The van der Waals surface area contributed by atoms with Crippen LogP contribution in [0.25, 0.3) is 0 Å². The summed E-state index contributed by atoms with van der Waals surface area (Å²) in [6, 6.07) is 3.73. The van der Waals surface area contributed by atoms with Crippen molar-refractivity contribution < 1.29 is 14.7 Å². The highest BCUT2D eigenvalue weighted by Crippen LogP contribution is 2.26. The van der Waals surface area contributed by atoms with Gasteiger partial charge in [-0.3, -0.25) is 0 Å². The van der Waals surface area contributed by atoms with E-state index in [4.69, 9.17) is 20.4 Å². The zero-order valence-electron chi connectivity index (χ0n) is 11.3. The van der Waals surface area contributed by atoms with Crippen LogP contribution in [0.5, 0.6) is 5.75 Å². The van der Waals surface area contributed by atoms with E-state index in [1.165, 1.54) is 0 Å². The maximum absolute atomic E-state index is 8.70. The lowest BCUT2D eigenvalue weighted by Gasteiger charge is -2.16. The van der Waals surface area contributed by atoms with Crippen LogP contribution < -0.4 is 10.5 Å². The fourth-order valence-electron chi connectivity index (χ4n) is 2.30. The largest absolute Gasteiger partial charge is 0.493 e. The smallest absolute Gasteiger partial charge is 0.170 e. The van der Waals surface area contributed by atoms with E-state index in [0.29, 0.717) is 18.1 Å². The molecule has 5 heteroatoms. The summed E-state index contributed by atoms with van der Waals surface area (Å²) in [7, 11) is 0. The van der Waals surface area contributed by atoms with E-state index in [1.54, 1.807) is 0 Å². The normalized spacial score (nSPS) is 19.7. The van der Waals surface area contributed by atoms with Gasteiger partial charge >= 0.3 is 0 Å². The molecule has 19 heavy (non-hydrogen) atoms. The van der Waals surface area contributed by atoms with Crippen molar-refractivity contribution in [3.05, 3.63) is 28.8 Å². The molecule has 0 aliphatic carbocycles. The molecule has 3 N–H and O–H groups in total. The number of benzene rings is 1. The van der Waals surface area contributed by atoms with Gasteiger partial charge in [0.1, 0.15) is 5.75 Å². The van der Waals surface area contributed by atoms with Crippen molar-refractivity contribution in [2.45, 2.75) is 20.3 Å². The number of nitrogens with two attached hydrogens (primary N) is 1. The first-order valence-electron chi connectivity index (χ1n) is 6.41. The molecular weight excluding hydrogens is 244 g/mol. The number of amidine groups is 1. The quantitative estimate of drug-likeness (QED) is 0.376. The average Bonchev–Trinajstić information content (AvgIpc) is 2.89. The Morgan fingerprint density at radius 2 is 2.16 bits per heavy atom. The number of ether oxygens (including phenoxy) is 2. The van der Waals surface area contributed by atoms with Crippen LogP contribution >= 0.6 is 0 Å². The van der Waals surface area contributed by atoms with Crippen molar-refractivity contribution in [3.8, 4) is 5.75 Å². The Morgan fingerprint density at radius 3 is 2.68 bits per heavy atom. The van der Waals surface area contributed by atoms with E-state index in [-0.39, 0.29) is 5.84 Å². The van der Waals surface area contributed by atoms with Crippen LogP contribution in [0.4, 0.5) is 0 Å². The molecule has 0 bridgehead atoms. The van der Waals surface area contributed by atoms with Gasteiger partial charge in [0.05, 0.1) is 13.2 Å². The molecule has 1 aliphatic heterocycles. The second-order valence-electron chi connectivity index (χ2n) is 4.97. The Balaban J connectivity index is 2.12. The third kappa shape index (κ3) is 3.17. The summed E-state index contributed by atoms with van der Waals surface area (Å²) in [6.07, 6.45) is 1.06. The van der Waals surface area contributed by atoms with Crippen molar-refractivity contribution in [3.63, 3.8) is 0 Å². The molecule has 0 spiro atoms. The Bertz CT molecular complexity index is 457. The van der Waals surface area contributed by atoms with Gasteiger partial charge in [-0.05, 0) is 43.5 Å². The minimum absolute atomic E-state index is 0.113. The van der Waals surface area contributed by atoms with Gasteiger partial charge in [-0.25, -0.2) is 0 Å². The zero-order chi connectivity index (χ0) is 13.8. The first kappa shape index (κ1) is 13.7. The van der Waals surface area contributed by atoms with Crippen molar-refractivity contribution in [1.82, 2.24) is 0 Å². The van der Waals surface area contributed by atoms with Crippen LogP contribution in [0.3, 0.4) is 0 Å². The molecule has 0 saturated carbocycles. The number of hydrogen-bond acceptors (Lipinski definition) is 4. The monoisotopic (exact) mass is 264 g/mol. The molecule has 1 saturated heterocycles. The SMILES string of the molecule is Cc1cc(C(N)=NO)cc(C)c1OCC1CCOC1. The summed E-state index contributed by atoms with van der Waals surface area (Å²) in [5, 5.41) is 11.7. The minimum atomic E-state index is 0.113. The summed E-state index contributed by atoms with van der Waals surface area (Å²) in [6.45, 7) is 6.20. The molecule has 2 rings (SSSR count). The van der Waals surface area contributed by atoms with Crippen LogP contribution in [0.1, 0.15) is 23.1 Å². The number of rotatable bonds is 4. The molecule has 1 fully saturated rings. The molecule has 1 unspecified atom stereocenters. The van der Waals surface area contributed by atoms with E-state index >= 15 is 0 Å². The average molecular weight is 264 g/mol. The van der Waals surface area contributed by atoms with Gasteiger partial charge < -0.3 is 20.4 Å². The second kappa shape index (κ2) is 5.93. The molecular formula is C14H20N2O3. The first-order valence-corrected chi connectivity index (χ1v) is 6.41. The molecule has 0 radical (unpaired) electrons. The lowest BCUT2D eigenvalue weighted by Crippen LogP contribution is -2.15. The van der Waals surface area contributed by atoms with Gasteiger partial charge in [-0.2, -0.15) is 0 Å². The third-order valence-electron chi connectivity index (χ3n) is 3.35. The first-order chi connectivity index (χ1) is 9.11. The molecule has 0 amide bonds. The number of hydrogen-bond donors (Lipinski definition) is 2. The number of oxime groups is 1. The number of aryl methyl sites for hydroxylation is 2. The molecule has 5 nitrogen and oxygen atoms in total. The zero-order valence-corrected chi connectivity index (χ0v) is 11.3. The Morgan fingerprint density at radius 1 is 1.47 bits per heavy atom. The summed E-state index contributed by atoms with van der Waals surface area (Å²) in [5.41, 5.74) is 8.27. The third-order valence-corrected chi connectivity index (χ3v) is 3.35. The van der Waals surface area contributed by atoms with Crippen molar-refractivity contribution in [2.24, 2.45) is 16.8 Å². The van der Waals surface area contributed by atoms with Gasteiger partial charge in [0, 0.05) is 18.1 Å². The highest BCUT2D eigenvalue weighted by molar-refractivity contribution is 5.97. The van der Waals surface area contributed by atoms with Crippen molar-refractivity contribution >= 4 is 5.84 Å². The second-order valence-corrected chi connectivity index (χ2v) is 4.97. The van der Waals surface area contributed by atoms with E-state index in [9.17, 15) is 0 Å². The van der Waals surface area contributed by atoms with Crippen LogP contribution in [-0.2, 0) is 4.74 Å². The lowest BCUT2D eigenvalue weighted by atomic mass is 10.0. The lowest BCUT2D eigenvalue weighted by molar-refractivity contribution is 0.166. The molecule has 1 aromatic carbocycles. The van der Waals surface area contributed by atoms with Crippen LogP contribution in [0, 0.1) is 19.8 Å². The summed E-state index contributed by atoms with van der Waals surface area (Å²) < 4.78 is 11.2. The topological polar surface area (TPSA) is 77.1 Å². The van der Waals surface area contributed by atoms with Gasteiger partial charge in [0.15, 0.2) is 5.84 Å². The van der Waals surface area contributed by atoms with Crippen LogP contribution in [0.2, 0.25) is 0 Å². The van der Waals surface area contributed by atoms with Crippen molar-refractivity contribution in [2.75, 3.05) is 19.8 Å². The van der Waals surface area contributed by atoms with E-state index in [0.717, 1.165) is 36.5 Å². The van der Waals surface area contributed by atoms with Gasteiger partial charge in [-0.1, -0.05) is 5.16 Å². The molecule has 0 aromatic heterocycles. The summed E-state index contributed by atoms with van der Waals surface area (Å²) in [4.78, 5) is 0. The summed E-state index contributed by atoms with van der Waals surface area (Å²) >= 11 is 0. The fraction of sp³-hybridized carbons (Fsp3) is 0.500. The van der Waals surface area contributed by atoms with Gasteiger partial charge in [-0.15, -0.1) is 0 Å². The van der Waals surface area contributed by atoms with E-state index in [2.05, 4.69) is 5.16 Å². The number of nitrogens with zero attached hydrogens (tertiary/aromatic N) is 1. The molecule has 1 atom stereocenters. The molecule has 1 aromatic rings. The predicted molar refractivity (Wildman–Crippen MR) is 72.8 cm³/mol. The Labute approximate surface area is 113 Å². The van der Waals surface area contributed by atoms with Crippen molar-refractivity contribution in [1.29, 1.82) is 0 Å². The maximum atomic E-state index is 8.70. The summed E-state index contributed by atoms with van der Waals surface area (Å²) in [5.74, 6) is 1.46. The van der Waals surface area contributed by atoms with E-state index in [1.807, 2.05) is 26.0 Å². The molecule has 1 heterocycles. The Hall–Kier alpha value is -1.75. The standard InChI is InChI=1S/C14H20N2O3/c1-9-5-12(14(15)16-17)6-10(2)13(9)19-8-11-3-4-18-7-11/h5-6,11,17H,3-4,7-8H2,1-2H3,(H2,15,16). The highest BCUT2D eigenvalue weighted by atomic mass is 16.5. The van der Waals surface area contributed by atoms with E-state index < -0.39 is 0 Å². The fourth-order valence-corrected chi connectivity index (χ4v) is 2.30. The van der Waals surface area contributed by atoms with Crippen LogP contribution in [0.15, 0.2) is 17.3 Å². The predicted octanol–water partition coefficient (Wildman–Crippen LogP) is 1.81. The van der Waals surface area contributed by atoms with Gasteiger partial charge in [0.2, 0.25) is 0 Å². The minimum Gasteiger partial charge on any atom is -0.493 e. The Kier molecular flexibility index (Phi) is 4.27.